The highest BCUT2D eigenvalue weighted by atomic mass is 35.5. The monoisotopic (exact) mass is 217 g/mol. The van der Waals surface area contributed by atoms with E-state index in [9.17, 15) is 4.79 Å². The van der Waals surface area contributed by atoms with Crippen LogP contribution in [0.15, 0.2) is 10.8 Å². The molecule has 1 aromatic heterocycles. The first-order chi connectivity index (χ1) is 6.27. The van der Waals surface area contributed by atoms with Gasteiger partial charge in [0.2, 0.25) is 0 Å². The Kier molecular flexibility index (Phi) is 3.49. The van der Waals surface area contributed by atoms with E-state index < -0.39 is 0 Å². The number of aromatic nitrogens is 1. The standard InChI is InChI=1S/C8H11N3O2.ClH/c1-5-7(10-4-13-5)8(12)11-6-2-9-3-6;/h4,6,9H,2-3H2,1H3,(H,11,12);1H. The highest BCUT2D eigenvalue weighted by Crippen LogP contribution is 2.04. The second-order valence-electron chi connectivity index (χ2n) is 3.09. The zero-order chi connectivity index (χ0) is 9.26. The van der Waals surface area contributed by atoms with Gasteiger partial charge in [-0.1, -0.05) is 0 Å². The molecule has 1 aliphatic heterocycles. The Balaban J connectivity index is 0.000000980. The number of oxazole rings is 1. The second-order valence-corrected chi connectivity index (χ2v) is 3.09. The Labute approximate surface area is 87.7 Å². The number of nitrogens with zero attached hydrogens (tertiary/aromatic N) is 1. The van der Waals surface area contributed by atoms with Gasteiger partial charge in [-0.25, -0.2) is 4.98 Å². The van der Waals surface area contributed by atoms with Gasteiger partial charge in [-0.3, -0.25) is 4.79 Å². The van der Waals surface area contributed by atoms with Crippen LogP contribution in [0, 0.1) is 6.92 Å². The molecule has 2 rings (SSSR count). The maximum atomic E-state index is 11.5. The van der Waals surface area contributed by atoms with Gasteiger partial charge in [0.15, 0.2) is 12.1 Å². The number of halogens is 1. The summed E-state index contributed by atoms with van der Waals surface area (Å²) in [6.45, 7) is 3.40. The van der Waals surface area contributed by atoms with Crippen LogP contribution in [0.25, 0.3) is 0 Å². The number of aryl methyl sites for hydroxylation is 1. The van der Waals surface area contributed by atoms with Crippen molar-refractivity contribution in [3.05, 3.63) is 17.8 Å². The fourth-order valence-electron chi connectivity index (χ4n) is 1.17. The van der Waals surface area contributed by atoms with Crippen LogP contribution in [0.3, 0.4) is 0 Å². The Bertz CT molecular complexity index is 322. The van der Waals surface area contributed by atoms with Crippen LogP contribution in [-0.2, 0) is 0 Å². The first kappa shape index (κ1) is 11.0. The van der Waals surface area contributed by atoms with Crippen LogP contribution < -0.4 is 10.6 Å². The largest absolute Gasteiger partial charge is 0.448 e. The van der Waals surface area contributed by atoms with Crippen molar-refractivity contribution in [1.29, 1.82) is 0 Å². The maximum Gasteiger partial charge on any atom is 0.273 e. The fourth-order valence-corrected chi connectivity index (χ4v) is 1.17. The third-order valence-corrected chi connectivity index (χ3v) is 2.08. The summed E-state index contributed by atoms with van der Waals surface area (Å²) in [5.41, 5.74) is 0.381. The van der Waals surface area contributed by atoms with E-state index in [4.69, 9.17) is 4.42 Å². The number of rotatable bonds is 2. The van der Waals surface area contributed by atoms with Crippen molar-refractivity contribution in [3.63, 3.8) is 0 Å². The summed E-state index contributed by atoms with van der Waals surface area (Å²) in [5, 5.41) is 5.90. The van der Waals surface area contributed by atoms with Crippen molar-refractivity contribution in [1.82, 2.24) is 15.6 Å². The Morgan fingerprint density at radius 3 is 2.86 bits per heavy atom. The molecule has 1 fully saturated rings. The van der Waals surface area contributed by atoms with Gasteiger partial charge in [-0.15, -0.1) is 12.4 Å². The van der Waals surface area contributed by atoms with Gasteiger partial charge in [0.25, 0.3) is 5.91 Å². The number of carbonyl (C=O) groups is 1. The lowest BCUT2D eigenvalue weighted by molar-refractivity contribution is 0.0918. The van der Waals surface area contributed by atoms with Gasteiger partial charge in [0, 0.05) is 13.1 Å². The van der Waals surface area contributed by atoms with Crippen LogP contribution in [-0.4, -0.2) is 30.0 Å². The van der Waals surface area contributed by atoms with Gasteiger partial charge in [-0.2, -0.15) is 0 Å². The smallest absolute Gasteiger partial charge is 0.273 e. The zero-order valence-corrected chi connectivity index (χ0v) is 8.56. The lowest BCUT2D eigenvalue weighted by Gasteiger charge is -2.27. The summed E-state index contributed by atoms with van der Waals surface area (Å²) < 4.78 is 4.93. The van der Waals surface area contributed by atoms with Gasteiger partial charge in [-0.05, 0) is 6.92 Å². The topological polar surface area (TPSA) is 67.2 Å². The number of hydrogen-bond acceptors (Lipinski definition) is 4. The average molecular weight is 218 g/mol. The van der Waals surface area contributed by atoms with Crippen molar-refractivity contribution < 1.29 is 9.21 Å². The average Bonchev–Trinajstić information content (AvgIpc) is 2.43. The molecule has 0 spiro atoms. The molecule has 14 heavy (non-hydrogen) atoms. The van der Waals surface area contributed by atoms with E-state index >= 15 is 0 Å². The van der Waals surface area contributed by atoms with Gasteiger partial charge in [0.05, 0.1) is 6.04 Å². The van der Waals surface area contributed by atoms with Gasteiger partial charge < -0.3 is 15.1 Å². The Hall–Kier alpha value is -1.07. The molecule has 1 amide bonds. The van der Waals surface area contributed by atoms with Crippen molar-refractivity contribution in [2.24, 2.45) is 0 Å². The summed E-state index contributed by atoms with van der Waals surface area (Å²) in [4.78, 5) is 15.3. The van der Waals surface area contributed by atoms with E-state index in [0.717, 1.165) is 13.1 Å². The van der Waals surface area contributed by atoms with Gasteiger partial charge >= 0.3 is 0 Å². The fraction of sp³-hybridized carbons (Fsp3) is 0.500. The molecule has 0 atom stereocenters. The molecule has 78 valence electrons. The molecule has 1 saturated heterocycles. The predicted octanol–water partition coefficient (Wildman–Crippen LogP) is 0.106. The normalized spacial score (nSPS) is 15.5. The van der Waals surface area contributed by atoms with Crippen LogP contribution in [0.4, 0.5) is 0 Å². The van der Waals surface area contributed by atoms with E-state index in [0.29, 0.717) is 11.5 Å². The summed E-state index contributed by atoms with van der Waals surface area (Å²) in [6, 6.07) is 0.239. The molecular formula is C8H12ClN3O2. The van der Waals surface area contributed by atoms with Gasteiger partial charge in [0.1, 0.15) is 5.76 Å². The van der Waals surface area contributed by atoms with E-state index in [1.165, 1.54) is 6.39 Å². The molecule has 0 radical (unpaired) electrons. The number of amides is 1. The summed E-state index contributed by atoms with van der Waals surface area (Å²) >= 11 is 0. The first-order valence-corrected chi connectivity index (χ1v) is 4.19. The van der Waals surface area contributed by atoms with Crippen LogP contribution in [0.1, 0.15) is 16.2 Å². The third kappa shape index (κ3) is 2.05. The second kappa shape index (κ2) is 4.43. The molecule has 0 saturated carbocycles. The molecule has 5 nitrogen and oxygen atoms in total. The predicted molar refractivity (Wildman–Crippen MR) is 52.6 cm³/mol. The van der Waals surface area contributed by atoms with E-state index in [1.54, 1.807) is 6.92 Å². The minimum atomic E-state index is -0.155. The molecule has 1 aromatic rings. The van der Waals surface area contributed by atoms with Crippen LogP contribution >= 0.6 is 12.4 Å². The molecular weight excluding hydrogens is 206 g/mol. The summed E-state index contributed by atoms with van der Waals surface area (Å²) in [7, 11) is 0. The summed E-state index contributed by atoms with van der Waals surface area (Å²) in [6.07, 6.45) is 1.28. The van der Waals surface area contributed by atoms with E-state index in [1.807, 2.05) is 0 Å². The lowest BCUT2D eigenvalue weighted by atomic mass is 10.2. The summed E-state index contributed by atoms with van der Waals surface area (Å²) in [5.74, 6) is 0.405. The molecule has 2 N–H and O–H groups in total. The number of carbonyl (C=O) groups excluding carboxylic acids is 1. The number of nitrogens with one attached hydrogen (secondary N) is 2. The minimum absolute atomic E-state index is 0. The molecule has 6 heteroatoms. The lowest BCUT2D eigenvalue weighted by Crippen LogP contribution is -2.57. The van der Waals surface area contributed by atoms with Crippen molar-refractivity contribution in [2.45, 2.75) is 13.0 Å². The Morgan fingerprint density at radius 1 is 1.71 bits per heavy atom. The number of hydrogen-bond donors (Lipinski definition) is 2. The molecule has 1 aliphatic rings. The minimum Gasteiger partial charge on any atom is -0.448 e. The quantitative estimate of drug-likeness (QED) is 0.738. The van der Waals surface area contributed by atoms with E-state index in [-0.39, 0.29) is 24.4 Å². The van der Waals surface area contributed by atoms with Crippen LogP contribution in [0.2, 0.25) is 0 Å². The molecule has 0 unspecified atom stereocenters. The van der Waals surface area contributed by atoms with Crippen molar-refractivity contribution in [3.8, 4) is 0 Å². The molecule has 0 aromatic carbocycles. The molecule has 0 aliphatic carbocycles. The van der Waals surface area contributed by atoms with Crippen molar-refractivity contribution in [2.75, 3.05) is 13.1 Å². The highest BCUT2D eigenvalue weighted by Gasteiger charge is 2.21. The van der Waals surface area contributed by atoms with E-state index in [2.05, 4.69) is 15.6 Å². The SMILES string of the molecule is Cc1ocnc1C(=O)NC1CNC1.Cl. The highest BCUT2D eigenvalue weighted by molar-refractivity contribution is 5.93. The van der Waals surface area contributed by atoms with Crippen molar-refractivity contribution >= 4 is 18.3 Å². The molecule has 0 bridgehead atoms. The Morgan fingerprint density at radius 2 is 2.43 bits per heavy atom. The third-order valence-electron chi connectivity index (χ3n) is 2.08. The maximum absolute atomic E-state index is 11.5. The first-order valence-electron chi connectivity index (χ1n) is 4.19. The zero-order valence-electron chi connectivity index (χ0n) is 7.74. The van der Waals surface area contributed by atoms with Crippen LogP contribution in [0.5, 0.6) is 0 Å². The molecule has 2 heterocycles.